The Bertz CT molecular complexity index is 161. The second-order valence-corrected chi connectivity index (χ2v) is 3.73. The number of amides is 2. The SMILES string of the molecule is CC(C)C(CN)CNCCNC(N)=O. The van der Waals surface area contributed by atoms with Gasteiger partial charge in [0, 0.05) is 13.1 Å². The van der Waals surface area contributed by atoms with E-state index in [9.17, 15) is 4.79 Å². The molecule has 0 heterocycles. The highest BCUT2D eigenvalue weighted by Gasteiger charge is 2.09. The first-order valence-corrected chi connectivity index (χ1v) is 5.02. The van der Waals surface area contributed by atoms with Crippen LogP contribution in [0.15, 0.2) is 0 Å². The summed E-state index contributed by atoms with van der Waals surface area (Å²) in [6, 6.07) is -0.481. The van der Waals surface area contributed by atoms with Crippen LogP contribution in [0.25, 0.3) is 0 Å². The lowest BCUT2D eigenvalue weighted by atomic mass is 9.96. The van der Waals surface area contributed by atoms with E-state index in [1.54, 1.807) is 0 Å². The van der Waals surface area contributed by atoms with Gasteiger partial charge in [0.25, 0.3) is 0 Å². The van der Waals surface area contributed by atoms with E-state index in [0.29, 0.717) is 24.9 Å². The molecule has 0 spiro atoms. The summed E-state index contributed by atoms with van der Waals surface area (Å²) in [7, 11) is 0. The van der Waals surface area contributed by atoms with Gasteiger partial charge >= 0.3 is 6.03 Å². The molecule has 0 aliphatic rings. The third-order valence-corrected chi connectivity index (χ3v) is 2.25. The summed E-state index contributed by atoms with van der Waals surface area (Å²) in [5.74, 6) is 1.07. The van der Waals surface area contributed by atoms with Crippen LogP contribution in [-0.4, -0.2) is 32.2 Å². The molecule has 0 aromatic rings. The number of primary amides is 1. The molecule has 5 heteroatoms. The van der Waals surface area contributed by atoms with Crippen LogP contribution < -0.4 is 22.1 Å². The Morgan fingerprint density at radius 2 is 2.00 bits per heavy atom. The molecule has 2 amide bonds. The van der Waals surface area contributed by atoms with E-state index < -0.39 is 6.03 Å². The molecule has 1 unspecified atom stereocenters. The van der Waals surface area contributed by atoms with Gasteiger partial charge in [-0.1, -0.05) is 13.8 Å². The van der Waals surface area contributed by atoms with Gasteiger partial charge in [-0.25, -0.2) is 4.79 Å². The Balaban J connectivity index is 3.38. The van der Waals surface area contributed by atoms with Crippen molar-refractivity contribution in [3.05, 3.63) is 0 Å². The van der Waals surface area contributed by atoms with Crippen molar-refractivity contribution in [2.75, 3.05) is 26.2 Å². The van der Waals surface area contributed by atoms with Crippen molar-refractivity contribution in [1.29, 1.82) is 0 Å². The molecular formula is C9H22N4O. The van der Waals surface area contributed by atoms with E-state index in [1.165, 1.54) is 0 Å². The maximum absolute atomic E-state index is 10.3. The quantitative estimate of drug-likeness (QED) is 0.418. The highest BCUT2D eigenvalue weighted by atomic mass is 16.2. The monoisotopic (exact) mass is 202 g/mol. The number of hydrogen-bond acceptors (Lipinski definition) is 3. The van der Waals surface area contributed by atoms with Crippen LogP contribution in [0, 0.1) is 11.8 Å². The highest BCUT2D eigenvalue weighted by molar-refractivity contribution is 5.71. The molecule has 0 rings (SSSR count). The van der Waals surface area contributed by atoms with Crippen molar-refractivity contribution in [3.63, 3.8) is 0 Å². The van der Waals surface area contributed by atoms with E-state index in [-0.39, 0.29) is 0 Å². The maximum atomic E-state index is 10.3. The number of nitrogens with one attached hydrogen (secondary N) is 2. The minimum absolute atomic E-state index is 0.481. The topological polar surface area (TPSA) is 93.2 Å². The van der Waals surface area contributed by atoms with Gasteiger partial charge in [0.2, 0.25) is 0 Å². The molecule has 0 radical (unpaired) electrons. The zero-order chi connectivity index (χ0) is 11.0. The number of carbonyl (C=O) groups is 1. The summed E-state index contributed by atoms with van der Waals surface area (Å²) < 4.78 is 0. The van der Waals surface area contributed by atoms with Crippen LogP contribution >= 0.6 is 0 Å². The summed E-state index contributed by atoms with van der Waals surface area (Å²) in [6.45, 7) is 7.17. The predicted molar refractivity (Wildman–Crippen MR) is 57.8 cm³/mol. The van der Waals surface area contributed by atoms with Gasteiger partial charge < -0.3 is 22.1 Å². The fraction of sp³-hybridized carbons (Fsp3) is 0.889. The van der Waals surface area contributed by atoms with Gasteiger partial charge in [-0.05, 0) is 24.9 Å². The van der Waals surface area contributed by atoms with Gasteiger partial charge in [0.05, 0.1) is 0 Å². The summed E-state index contributed by atoms with van der Waals surface area (Å²) in [5.41, 5.74) is 10.5. The van der Waals surface area contributed by atoms with Crippen LogP contribution in [0.5, 0.6) is 0 Å². The molecule has 0 saturated heterocycles. The minimum Gasteiger partial charge on any atom is -0.352 e. The van der Waals surface area contributed by atoms with E-state index >= 15 is 0 Å². The smallest absolute Gasteiger partial charge is 0.312 e. The Kier molecular flexibility index (Phi) is 7.14. The number of nitrogens with two attached hydrogens (primary N) is 2. The van der Waals surface area contributed by atoms with Gasteiger partial charge in [-0.3, -0.25) is 0 Å². The summed E-state index contributed by atoms with van der Waals surface area (Å²) >= 11 is 0. The molecule has 0 aromatic carbocycles. The van der Waals surface area contributed by atoms with Gasteiger partial charge in [-0.2, -0.15) is 0 Å². The Hall–Kier alpha value is -0.810. The lowest BCUT2D eigenvalue weighted by molar-refractivity contribution is 0.248. The molecule has 0 aliphatic carbocycles. The fourth-order valence-corrected chi connectivity index (χ4v) is 1.15. The van der Waals surface area contributed by atoms with Crippen molar-refractivity contribution < 1.29 is 4.79 Å². The number of carbonyl (C=O) groups excluding carboxylic acids is 1. The largest absolute Gasteiger partial charge is 0.352 e. The van der Waals surface area contributed by atoms with Crippen LogP contribution in [0.1, 0.15) is 13.8 Å². The lowest BCUT2D eigenvalue weighted by Gasteiger charge is -2.19. The molecule has 0 aliphatic heterocycles. The van der Waals surface area contributed by atoms with Crippen molar-refractivity contribution in [3.8, 4) is 0 Å². The molecule has 0 aromatic heterocycles. The van der Waals surface area contributed by atoms with E-state index in [4.69, 9.17) is 11.5 Å². The molecule has 0 bridgehead atoms. The fourth-order valence-electron chi connectivity index (χ4n) is 1.15. The van der Waals surface area contributed by atoms with Crippen LogP contribution in [-0.2, 0) is 0 Å². The molecular weight excluding hydrogens is 180 g/mol. The molecule has 0 fully saturated rings. The third kappa shape index (κ3) is 6.68. The second-order valence-electron chi connectivity index (χ2n) is 3.73. The number of rotatable bonds is 7. The Morgan fingerprint density at radius 1 is 1.36 bits per heavy atom. The zero-order valence-corrected chi connectivity index (χ0v) is 9.05. The van der Waals surface area contributed by atoms with Crippen molar-refractivity contribution in [2.45, 2.75) is 13.8 Å². The molecule has 14 heavy (non-hydrogen) atoms. The van der Waals surface area contributed by atoms with Crippen molar-refractivity contribution >= 4 is 6.03 Å². The average molecular weight is 202 g/mol. The molecule has 84 valence electrons. The maximum Gasteiger partial charge on any atom is 0.312 e. The number of hydrogen-bond donors (Lipinski definition) is 4. The molecule has 0 saturated carbocycles. The van der Waals surface area contributed by atoms with E-state index in [1.807, 2.05) is 0 Å². The Labute approximate surface area is 85.6 Å². The normalized spacial score (nSPS) is 12.9. The van der Waals surface area contributed by atoms with Gasteiger partial charge in [-0.15, -0.1) is 0 Å². The summed E-state index contributed by atoms with van der Waals surface area (Å²) in [5, 5.41) is 5.73. The van der Waals surface area contributed by atoms with Crippen LogP contribution in [0.2, 0.25) is 0 Å². The van der Waals surface area contributed by atoms with Gasteiger partial charge in [0.15, 0.2) is 0 Å². The lowest BCUT2D eigenvalue weighted by Crippen LogP contribution is -2.38. The minimum atomic E-state index is -0.481. The molecule has 5 nitrogen and oxygen atoms in total. The highest BCUT2D eigenvalue weighted by Crippen LogP contribution is 2.06. The molecule has 1 atom stereocenters. The zero-order valence-electron chi connectivity index (χ0n) is 9.05. The summed E-state index contributed by atoms with van der Waals surface area (Å²) in [4.78, 5) is 10.3. The summed E-state index contributed by atoms with van der Waals surface area (Å²) in [6.07, 6.45) is 0. The first-order valence-electron chi connectivity index (χ1n) is 5.02. The van der Waals surface area contributed by atoms with E-state index in [0.717, 1.165) is 13.1 Å². The first kappa shape index (κ1) is 13.2. The number of urea groups is 1. The van der Waals surface area contributed by atoms with Crippen LogP contribution in [0.4, 0.5) is 4.79 Å². The van der Waals surface area contributed by atoms with Crippen LogP contribution in [0.3, 0.4) is 0 Å². The third-order valence-electron chi connectivity index (χ3n) is 2.25. The van der Waals surface area contributed by atoms with Gasteiger partial charge in [0.1, 0.15) is 0 Å². The first-order chi connectivity index (χ1) is 6.57. The van der Waals surface area contributed by atoms with E-state index in [2.05, 4.69) is 24.5 Å². The predicted octanol–water partition coefficient (Wildman–Crippen LogP) is -0.525. The van der Waals surface area contributed by atoms with Crippen molar-refractivity contribution in [1.82, 2.24) is 10.6 Å². The Morgan fingerprint density at radius 3 is 2.43 bits per heavy atom. The molecule has 6 N–H and O–H groups in total. The second kappa shape index (κ2) is 7.58. The average Bonchev–Trinajstić information content (AvgIpc) is 2.10. The standard InChI is InChI=1S/C9H22N4O/c1-7(2)8(5-10)6-12-3-4-13-9(11)14/h7-8,12H,3-6,10H2,1-2H3,(H3,11,13,14). The van der Waals surface area contributed by atoms with Crippen molar-refractivity contribution in [2.24, 2.45) is 23.3 Å².